The molecule has 4 heteroatoms. The van der Waals surface area contributed by atoms with Gasteiger partial charge in [0.1, 0.15) is 0 Å². The van der Waals surface area contributed by atoms with Crippen molar-refractivity contribution in [2.24, 2.45) is 4.99 Å². The summed E-state index contributed by atoms with van der Waals surface area (Å²) in [6, 6.07) is 11.8. The number of halogens is 1. The molecule has 0 atom stereocenters. The summed E-state index contributed by atoms with van der Waals surface area (Å²) in [6.07, 6.45) is 0.654. The molecule has 0 spiro atoms. The Hall–Kier alpha value is -1.96. The van der Waals surface area contributed by atoms with Crippen LogP contribution in [0.2, 0.25) is 0 Å². The largest absolute Gasteiger partial charge is 0.392 e. The van der Waals surface area contributed by atoms with Gasteiger partial charge in [0.25, 0.3) is 0 Å². The molecule has 0 fully saturated rings. The average molecular weight is 341 g/mol. The molecule has 2 aromatic carbocycles. The summed E-state index contributed by atoms with van der Waals surface area (Å²) >= 11 is 3.54. The third kappa shape index (κ3) is 2.39. The predicted octanol–water partition coefficient (Wildman–Crippen LogP) is 3.80. The Morgan fingerprint density at radius 1 is 1.38 bits per heavy atom. The summed E-state index contributed by atoms with van der Waals surface area (Å²) in [6.45, 7) is 1.97. The molecule has 0 unspecified atom stereocenters. The van der Waals surface area contributed by atoms with Crippen LogP contribution in [-0.2, 0) is 13.0 Å². The lowest BCUT2D eigenvalue weighted by molar-refractivity contribution is 0.282. The van der Waals surface area contributed by atoms with Crippen molar-refractivity contribution in [2.75, 3.05) is 0 Å². The number of aliphatic imine (C=N–C) groups is 1. The summed E-state index contributed by atoms with van der Waals surface area (Å²) in [5.41, 5.74) is 6.27. The SMILES string of the molecule is Cc1c(Br)cccc1C1=Nc2cc(CO)cc(C#N)c2C1. The zero-order valence-electron chi connectivity index (χ0n) is 11.5. The fraction of sp³-hybridized carbons (Fsp3) is 0.176. The van der Waals surface area contributed by atoms with Gasteiger partial charge in [0.15, 0.2) is 0 Å². The van der Waals surface area contributed by atoms with E-state index >= 15 is 0 Å². The molecule has 1 aliphatic rings. The van der Waals surface area contributed by atoms with E-state index in [9.17, 15) is 10.4 Å². The molecule has 0 aromatic heterocycles. The van der Waals surface area contributed by atoms with Gasteiger partial charge >= 0.3 is 0 Å². The highest BCUT2D eigenvalue weighted by Crippen LogP contribution is 2.34. The molecule has 2 aromatic rings. The van der Waals surface area contributed by atoms with Gasteiger partial charge in [-0.05, 0) is 36.2 Å². The van der Waals surface area contributed by atoms with Crippen molar-refractivity contribution in [3.63, 3.8) is 0 Å². The summed E-state index contributed by atoms with van der Waals surface area (Å²) in [5, 5.41) is 18.6. The zero-order chi connectivity index (χ0) is 15.0. The zero-order valence-corrected chi connectivity index (χ0v) is 13.1. The van der Waals surface area contributed by atoms with Crippen LogP contribution in [-0.4, -0.2) is 10.8 Å². The molecular formula is C17H13BrN2O. The van der Waals surface area contributed by atoms with Crippen molar-refractivity contribution in [1.29, 1.82) is 5.26 Å². The van der Waals surface area contributed by atoms with E-state index in [1.807, 2.05) is 24.3 Å². The predicted molar refractivity (Wildman–Crippen MR) is 85.9 cm³/mol. The van der Waals surface area contributed by atoms with E-state index in [4.69, 9.17) is 0 Å². The summed E-state index contributed by atoms with van der Waals surface area (Å²) in [5.74, 6) is 0. The third-order valence-corrected chi connectivity index (χ3v) is 4.63. The van der Waals surface area contributed by atoms with Gasteiger partial charge in [-0.1, -0.05) is 28.1 Å². The van der Waals surface area contributed by atoms with Crippen LogP contribution >= 0.6 is 15.9 Å². The van der Waals surface area contributed by atoms with Crippen LogP contribution in [0.3, 0.4) is 0 Å². The summed E-state index contributed by atoms with van der Waals surface area (Å²) < 4.78 is 1.05. The quantitative estimate of drug-likeness (QED) is 0.903. The number of aliphatic hydroxyl groups is 1. The van der Waals surface area contributed by atoms with Crippen molar-refractivity contribution >= 4 is 27.3 Å². The van der Waals surface area contributed by atoms with E-state index < -0.39 is 0 Å². The number of hydrogen-bond acceptors (Lipinski definition) is 3. The molecule has 0 saturated carbocycles. The maximum atomic E-state index is 9.29. The number of nitrogens with zero attached hydrogens (tertiary/aromatic N) is 2. The molecule has 1 aliphatic heterocycles. The molecule has 0 bridgehead atoms. The highest BCUT2D eigenvalue weighted by molar-refractivity contribution is 9.10. The van der Waals surface area contributed by atoms with Gasteiger partial charge in [0, 0.05) is 22.0 Å². The minimum absolute atomic E-state index is 0.0806. The Kier molecular flexibility index (Phi) is 3.62. The van der Waals surface area contributed by atoms with E-state index in [0.717, 1.165) is 38.1 Å². The second-order valence-corrected chi connectivity index (χ2v) is 5.91. The first-order valence-corrected chi connectivity index (χ1v) is 7.43. The first kappa shape index (κ1) is 14.0. The van der Waals surface area contributed by atoms with Crippen LogP contribution < -0.4 is 0 Å². The number of benzene rings is 2. The highest BCUT2D eigenvalue weighted by atomic mass is 79.9. The lowest BCUT2D eigenvalue weighted by Crippen LogP contribution is -2.04. The van der Waals surface area contributed by atoms with Crippen LogP contribution in [0.25, 0.3) is 0 Å². The fourth-order valence-electron chi connectivity index (χ4n) is 2.62. The van der Waals surface area contributed by atoms with Crippen LogP contribution in [0.4, 0.5) is 5.69 Å². The number of hydrogen-bond donors (Lipinski definition) is 1. The molecule has 3 nitrogen and oxygen atoms in total. The van der Waals surface area contributed by atoms with Crippen molar-refractivity contribution in [1.82, 2.24) is 0 Å². The standard InChI is InChI=1S/C17H13BrN2O/c1-10-13(3-2-4-15(10)18)17-7-14-12(8-19)5-11(9-21)6-16(14)20-17/h2-6,21H,7,9H2,1H3. The smallest absolute Gasteiger partial charge is 0.0995 e. The molecule has 0 aliphatic carbocycles. The van der Waals surface area contributed by atoms with E-state index in [0.29, 0.717) is 12.0 Å². The number of rotatable bonds is 2. The first-order chi connectivity index (χ1) is 10.1. The Labute approximate surface area is 131 Å². The van der Waals surface area contributed by atoms with Gasteiger partial charge in [0.2, 0.25) is 0 Å². The number of fused-ring (bicyclic) bond motifs is 1. The maximum Gasteiger partial charge on any atom is 0.0995 e. The minimum atomic E-state index is -0.0806. The second kappa shape index (κ2) is 5.44. The van der Waals surface area contributed by atoms with Crippen LogP contribution in [0.15, 0.2) is 39.8 Å². The monoisotopic (exact) mass is 340 g/mol. The third-order valence-electron chi connectivity index (χ3n) is 3.77. The summed E-state index contributed by atoms with van der Waals surface area (Å²) in [4.78, 5) is 4.67. The van der Waals surface area contributed by atoms with E-state index in [1.54, 1.807) is 6.07 Å². The first-order valence-electron chi connectivity index (χ1n) is 6.64. The normalized spacial score (nSPS) is 12.8. The molecule has 21 heavy (non-hydrogen) atoms. The Bertz CT molecular complexity index is 803. The molecule has 0 saturated heterocycles. The summed E-state index contributed by atoms with van der Waals surface area (Å²) in [7, 11) is 0. The molecular weight excluding hydrogens is 328 g/mol. The second-order valence-electron chi connectivity index (χ2n) is 5.06. The van der Waals surface area contributed by atoms with Crippen molar-refractivity contribution < 1.29 is 5.11 Å². The average Bonchev–Trinajstić information content (AvgIpc) is 2.92. The molecule has 1 N–H and O–H groups in total. The van der Waals surface area contributed by atoms with Gasteiger partial charge < -0.3 is 5.11 Å². The van der Waals surface area contributed by atoms with Crippen LogP contribution in [0, 0.1) is 18.3 Å². The van der Waals surface area contributed by atoms with E-state index in [1.165, 1.54) is 0 Å². The lowest BCUT2D eigenvalue weighted by Gasteiger charge is -2.07. The fourth-order valence-corrected chi connectivity index (χ4v) is 2.99. The lowest BCUT2D eigenvalue weighted by atomic mass is 9.97. The van der Waals surface area contributed by atoms with Gasteiger partial charge in [0.05, 0.1) is 29.6 Å². The van der Waals surface area contributed by atoms with Crippen LogP contribution in [0.5, 0.6) is 0 Å². The molecule has 104 valence electrons. The molecule has 0 radical (unpaired) electrons. The van der Waals surface area contributed by atoms with Gasteiger partial charge in [-0.25, -0.2) is 0 Å². The molecule has 1 heterocycles. The van der Waals surface area contributed by atoms with E-state index in [-0.39, 0.29) is 6.61 Å². The molecule has 0 amide bonds. The molecule has 3 rings (SSSR count). The highest BCUT2D eigenvalue weighted by Gasteiger charge is 2.21. The Morgan fingerprint density at radius 2 is 2.19 bits per heavy atom. The van der Waals surface area contributed by atoms with Gasteiger partial charge in [-0.3, -0.25) is 4.99 Å². The Balaban J connectivity index is 2.10. The van der Waals surface area contributed by atoms with Crippen LogP contribution in [0.1, 0.15) is 27.8 Å². The Morgan fingerprint density at radius 3 is 2.90 bits per heavy atom. The van der Waals surface area contributed by atoms with E-state index in [2.05, 4.69) is 33.9 Å². The topological polar surface area (TPSA) is 56.4 Å². The van der Waals surface area contributed by atoms with Crippen molar-refractivity contribution in [3.8, 4) is 6.07 Å². The number of nitriles is 1. The van der Waals surface area contributed by atoms with Gasteiger partial charge in [-0.2, -0.15) is 5.26 Å². The van der Waals surface area contributed by atoms with Crippen molar-refractivity contribution in [3.05, 3.63) is 62.6 Å². The maximum absolute atomic E-state index is 9.29. The van der Waals surface area contributed by atoms with Crippen molar-refractivity contribution in [2.45, 2.75) is 20.0 Å². The minimum Gasteiger partial charge on any atom is -0.392 e. The van der Waals surface area contributed by atoms with Gasteiger partial charge in [-0.15, -0.1) is 0 Å². The number of aliphatic hydroxyl groups excluding tert-OH is 1.